The van der Waals surface area contributed by atoms with Crippen molar-refractivity contribution in [2.45, 2.75) is 76.7 Å². The van der Waals surface area contributed by atoms with Crippen molar-refractivity contribution in [3.05, 3.63) is 0 Å². The zero-order valence-electron chi connectivity index (χ0n) is 12.1. The molecule has 1 N–H and O–H groups in total. The van der Waals surface area contributed by atoms with E-state index < -0.39 is 0 Å². The molecule has 0 aromatic heterocycles. The van der Waals surface area contributed by atoms with Gasteiger partial charge in [0, 0.05) is 19.1 Å². The van der Waals surface area contributed by atoms with Crippen LogP contribution in [0.25, 0.3) is 0 Å². The summed E-state index contributed by atoms with van der Waals surface area (Å²) in [6.07, 6.45) is 15.8. The number of rotatable bonds is 1. The van der Waals surface area contributed by atoms with E-state index in [0.717, 1.165) is 6.04 Å². The monoisotopic (exact) mass is 310 g/mol. The molecule has 1 aliphatic carbocycles. The fraction of sp³-hybridized carbons (Fsp3) is 1.00. The zero-order chi connectivity index (χ0) is 11.1. The summed E-state index contributed by atoms with van der Waals surface area (Å²) in [5.74, 6) is 0. The van der Waals surface area contributed by atoms with Gasteiger partial charge in [0.1, 0.15) is 0 Å². The molecule has 1 heterocycles. The van der Waals surface area contributed by atoms with Gasteiger partial charge in [-0.25, -0.2) is 5.01 Å². The van der Waals surface area contributed by atoms with E-state index in [1.165, 1.54) is 83.7 Å². The largest absolute Gasteiger partial charge is 1.00 e. The summed E-state index contributed by atoms with van der Waals surface area (Å²) in [4.78, 5) is 0. The predicted octanol–water partition coefficient (Wildman–Crippen LogP) is -2.51. The molecule has 1 aliphatic heterocycles. The maximum Gasteiger partial charge on any atom is 1.00 e. The van der Waals surface area contributed by atoms with Crippen molar-refractivity contribution >= 4 is 0 Å². The SMILES string of the molecule is C1CCCC(N2CCCCCCN2)CCC1.[Br-].[Li+]. The second kappa shape index (κ2) is 11.8. The number of hydrogen-bond acceptors (Lipinski definition) is 2. The molecule has 0 radical (unpaired) electrons. The van der Waals surface area contributed by atoms with Crippen molar-refractivity contribution in [1.29, 1.82) is 0 Å². The normalized spacial score (nSPS) is 24.7. The zero-order valence-corrected chi connectivity index (χ0v) is 13.7. The smallest absolute Gasteiger partial charge is 1.00 e. The molecule has 102 valence electrons. The van der Waals surface area contributed by atoms with Gasteiger partial charge in [-0.15, -0.1) is 0 Å². The van der Waals surface area contributed by atoms with Crippen LogP contribution in [0.5, 0.6) is 0 Å². The molecule has 0 aromatic rings. The van der Waals surface area contributed by atoms with Crippen molar-refractivity contribution in [1.82, 2.24) is 10.4 Å². The molecule has 0 unspecified atom stereocenters. The first kappa shape index (κ1) is 19.0. The molecule has 1 saturated carbocycles. The van der Waals surface area contributed by atoms with Crippen molar-refractivity contribution in [2.24, 2.45) is 0 Å². The van der Waals surface area contributed by atoms with Crippen LogP contribution in [0.2, 0.25) is 0 Å². The van der Waals surface area contributed by atoms with Gasteiger partial charge in [-0.2, -0.15) is 0 Å². The molecule has 2 aliphatic rings. The van der Waals surface area contributed by atoms with Crippen LogP contribution in [0.1, 0.15) is 70.6 Å². The fourth-order valence-electron chi connectivity index (χ4n) is 3.12. The molecule has 0 bridgehead atoms. The van der Waals surface area contributed by atoms with Gasteiger partial charge >= 0.3 is 18.9 Å². The Morgan fingerprint density at radius 3 is 2.00 bits per heavy atom. The van der Waals surface area contributed by atoms with E-state index in [2.05, 4.69) is 10.4 Å². The Morgan fingerprint density at radius 1 is 0.722 bits per heavy atom. The average Bonchev–Trinajstić information content (AvgIpc) is 2.18. The van der Waals surface area contributed by atoms with Crippen molar-refractivity contribution in [3.63, 3.8) is 0 Å². The molecule has 2 fully saturated rings. The topological polar surface area (TPSA) is 15.3 Å². The second-order valence-electron chi connectivity index (χ2n) is 5.51. The first-order valence-electron chi connectivity index (χ1n) is 7.47. The predicted molar refractivity (Wildman–Crippen MR) is 69.3 cm³/mol. The van der Waals surface area contributed by atoms with Crippen LogP contribution >= 0.6 is 0 Å². The molecule has 0 amide bonds. The van der Waals surface area contributed by atoms with Crippen LogP contribution in [-0.4, -0.2) is 24.1 Å². The summed E-state index contributed by atoms with van der Waals surface area (Å²) in [5.41, 5.74) is 3.67. The molecule has 4 heteroatoms. The Hall–Kier alpha value is 0.997. The molecule has 1 saturated heterocycles. The number of nitrogens with zero attached hydrogens (tertiary/aromatic N) is 1. The van der Waals surface area contributed by atoms with Gasteiger partial charge in [-0.1, -0.05) is 44.9 Å². The van der Waals surface area contributed by atoms with E-state index in [1.807, 2.05) is 0 Å². The van der Waals surface area contributed by atoms with Crippen molar-refractivity contribution in [2.75, 3.05) is 13.1 Å². The molecule has 2 nitrogen and oxygen atoms in total. The van der Waals surface area contributed by atoms with Gasteiger partial charge in [0.05, 0.1) is 0 Å². The minimum Gasteiger partial charge on any atom is -1.00 e. The van der Waals surface area contributed by atoms with Gasteiger partial charge in [0.15, 0.2) is 0 Å². The van der Waals surface area contributed by atoms with E-state index in [4.69, 9.17) is 0 Å². The fourth-order valence-corrected chi connectivity index (χ4v) is 3.12. The van der Waals surface area contributed by atoms with Gasteiger partial charge in [0.25, 0.3) is 0 Å². The van der Waals surface area contributed by atoms with Crippen LogP contribution in [0, 0.1) is 0 Å². The second-order valence-corrected chi connectivity index (χ2v) is 5.51. The van der Waals surface area contributed by atoms with Gasteiger partial charge in [0.2, 0.25) is 0 Å². The molecular formula is C14H28BrLiN2. The van der Waals surface area contributed by atoms with Crippen molar-refractivity contribution in [3.8, 4) is 0 Å². The first-order valence-corrected chi connectivity index (χ1v) is 7.47. The summed E-state index contributed by atoms with van der Waals surface area (Å²) < 4.78 is 0. The Morgan fingerprint density at radius 2 is 1.28 bits per heavy atom. The van der Waals surface area contributed by atoms with Crippen LogP contribution in [0.15, 0.2) is 0 Å². The quantitative estimate of drug-likeness (QED) is 0.538. The Kier molecular flexibility index (Phi) is 12.4. The first-order chi connectivity index (χ1) is 7.97. The van der Waals surface area contributed by atoms with Crippen LogP contribution < -0.4 is 41.3 Å². The summed E-state index contributed by atoms with van der Waals surface area (Å²) in [7, 11) is 0. The van der Waals surface area contributed by atoms with Crippen molar-refractivity contribution < 1.29 is 35.8 Å². The summed E-state index contributed by atoms with van der Waals surface area (Å²) >= 11 is 0. The maximum absolute atomic E-state index is 3.67. The number of hydrogen-bond donors (Lipinski definition) is 1. The van der Waals surface area contributed by atoms with Crippen LogP contribution in [-0.2, 0) is 0 Å². The van der Waals surface area contributed by atoms with Crippen LogP contribution in [0.4, 0.5) is 0 Å². The molecule has 0 atom stereocenters. The Labute approximate surface area is 136 Å². The van der Waals surface area contributed by atoms with Gasteiger partial charge < -0.3 is 17.0 Å². The number of halogens is 1. The Bertz CT molecular complexity index is 157. The third-order valence-electron chi connectivity index (χ3n) is 4.16. The van der Waals surface area contributed by atoms with E-state index in [1.54, 1.807) is 0 Å². The summed E-state index contributed by atoms with van der Waals surface area (Å²) in [6.45, 7) is 2.49. The van der Waals surface area contributed by atoms with E-state index in [0.29, 0.717) is 0 Å². The summed E-state index contributed by atoms with van der Waals surface area (Å²) in [6, 6.07) is 0.832. The Balaban J connectivity index is 0.00000144. The van der Waals surface area contributed by atoms with E-state index >= 15 is 0 Å². The molecule has 18 heavy (non-hydrogen) atoms. The van der Waals surface area contributed by atoms with Gasteiger partial charge in [-0.3, -0.25) is 5.43 Å². The minimum atomic E-state index is 0. The standard InChI is InChI=1S/C14H28N2.BrH.Li/c1-2-6-10-14(11-7-3-1)16-13-9-5-4-8-12-15-16;;/h14-15H,1-13H2;1H;/q;;+1/p-1. The molecule has 0 spiro atoms. The van der Waals surface area contributed by atoms with Crippen LogP contribution in [0.3, 0.4) is 0 Å². The number of hydrazine groups is 1. The maximum atomic E-state index is 3.67. The van der Waals surface area contributed by atoms with Gasteiger partial charge in [-0.05, 0) is 25.7 Å². The minimum absolute atomic E-state index is 0. The number of nitrogens with one attached hydrogen (secondary N) is 1. The molecule has 0 aromatic carbocycles. The summed E-state index contributed by atoms with van der Waals surface area (Å²) in [5, 5.41) is 2.59. The third kappa shape index (κ3) is 6.96. The molecule has 2 rings (SSSR count). The third-order valence-corrected chi connectivity index (χ3v) is 4.16. The average molecular weight is 311 g/mol. The van der Waals surface area contributed by atoms with E-state index in [9.17, 15) is 0 Å². The molecular weight excluding hydrogens is 283 g/mol. The van der Waals surface area contributed by atoms with E-state index in [-0.39, 0.29) is 35.8 Å².